The van der Waals surface area contributed by atoms with Crippen LogP contribution in [0.5, 0.6) is 5.75 Å². The van der Waals surface area contributed by atoms with Crippen molar-refractivity contribution in [3.8, 4) is 5.75 Å². The molecule has 0 N–H and O–H groups in total. The van der Waals surface area contributed by atoms with E-state index in [1.165, 1.54) is 17.0 Å². The number of piperidine rings is 1. The Morgan fingerprint density at radius 1 is 1.12 bits per heavy atom. The molecule has 0 atom stereocenters. The normalized spacial score (nSPS) is 16.5. The number of benzene rings is 2. The van der Waals surface area contributed by atoms with Gasteiger partial charge in [-0.15, -0.1) is 0 Å². The summed E-state index contributed by atoms with van der Waals surface area (Å²) >= 11 is 6.10. The second-order valence-electron chi connectivity index (χ2n) is 6.05. The maximum Gasteiger partial charge on any atom is 0.260 e. The molecule has 0 spiro atoms. The zero-order valence-corrected chi connectivity index (χ0v) is 14.3. The molecule has 1 aliphatic heterocycles. The van der Waals surface area contributed by atoms with E-state index < -0.39 is 11.5 Å². The molecule has 132 valence electrons. The number of hydrogen-bond acceptors (Lipinski definition) is 2. The summed E-state index contributed by atoms with van der Waals surface area (Å²) in [6.45, 7) is 0.259. The van der Waals surface area contributed by atoms with E-state index in [4.69, 9.17) is 16.3 Å². The number of nitrogens with zero attached hydrogens (tertiary/aromatic N) is 1. The smallest absolute Gasteiger partial charge is 0.260 e. The third-order valence-electron chi connectivity index (χ3n) is 4.45. The summed E-state index contributed by atoms with van der Waals surface area (Å²) in [6.07, 6.45) is 0.338. The molecule has 1 saturated heterocycles. The van der Waals surface area contributed by atoms with Gasteiger partial charge in [-0.3, -0.25) is 4.79 Å². The minimum absolute atomic E-state index is 0.0313. The summed E-state index contributed by atoms with van der Waals surface area (Å²) in [7, 11) is 0. The van der Waals surface area contributed by atoms with Crippen molar-refractivity contribution >= 4 is 17.5 Å². The second kappa shape index (κ2) is 7.40. The van der Waals surface area contributed by atoms with E-state index in [1.807, 2.05) is 0 Å². The Morgan fingerprint density at radius 3 is 2.44 bits per heavy atom. The molecule has 0 aliphatic carbocycles. The first-order valence-electron chi connectivity index (χ1n) is 8.09. The monoisotopic (exact) mass is 365 g/mol. The van der Waals surface area contributed by atoms with Gasteiger partial charge >= 0.3 is 0 Å². The highest BCUT2D eigenvalue weighted by atomic mass is 35.5. The lowest BCUT2D eigenvalue weighted by Crippen LogP contribution is -2.45. The van der Waals surface area contributed by atoms with Crippen molar-refractivity contribution < 1.29 is 18.3 Å². The van der Waals surface area contributed by atoms with Crippen molar-refractivity contribution in [3.63, 3.8) is 0 Å². The zero-order valence-electron chi connectivity index (χ0n) is 13.6. The number of para-hydroxylation sites is 1. The number of carbonyl (C=O) groups excluding carboxylic acids is 1. The fourth-order valence-corrected chi connectivity index (χ4v) is 3.30. The lowest BCUT2D eigenvalue weighted by atomic mass is 9.86. The predicted octanol–water partition coefficient (Wildman–Crippen LogP) is 4.35. The Labute approximate surface area is 150 Å². The highest BCUT2D eigenvalue weighted by Gasteiger charge is 2.38. The van der Waals surface area contributed by atoms with E-state index in [1.54, 1.807) is 36.4 Å². The van der Waals surface area contributed by atoms with Gasteiger partial charge in [-0.1, -0.05) is 41.9 Å². The highest BCUT2D eigenvalue weighted by molar-refractivity contribution is 6.31. The van der Waals surface area contributed by atoms with Crippen molar-refractivity contribution in [3.05, 3.63) is 64.9 Å². The number of carbonyl (C=O) groups is 1. The van der Waals surface area contributed by atoms with Gasteiger partial charge in [-0.2, -0.15) is 0 Å². The third kappa shape index (κ3) is 3.93. The van der Waals surface area contributed by atoms with Gasteiger partial charge < -0.3 is 9.64 Å². The van der Waals surface area contributed by atoms with Gasteiger partial charge in [0.1, 0.15) is 5.67 Å². The van der Waals surface area contributed by atoms with Gasteiger partial charge in [0.25, 0.3) is 5.91 Å². The van der Waals surface area contributed by atoms with Crippen molar-refractivity contribution in [2.24, 2.45) is 0 Å². The Morgan fingerprint density at radius 2 is 1.76 bits per heavy atom. The van der Waals surface area contributed by atoms with E-state index in [9.17, 15) is 9.18 Å². The maximum absolute atomic E-state index is 15.2. The highest BCUT2D eigenvalue weighted by Crippen LogP contribution is 2.40. The molecule has 0 saturated carbocycles. The van der Waals surface area contributed by atoms with Crippen molar-refractivity contribution in [1.82, 2.24) is 4.90 Å². The lowest BCUT2D eigenvalue weighted by molar-refractivity contribution is -0.136. The van der Waals surface area contributed by atoms with Crippen LogP contribution in [0.2, 0.25) is 5.02 Å². The van der Waals surface area contributed by atoms with Gasteiger partial charge in [0, 0.05) is 36.5 Å². The summed E-state index contributed by atoms with van der Waals surface area (Å²) in [6, 6.07) is 12.8. The molecule has 0 aromatic heterocycles. The fraction of sp³-hybridized carbons (Fsp3) is 0.316. The molecule has 1 fully saturated rings. The van der Waals surface area contributed by atoms with Gasteiger partial charge in [0.2, 0.25) is 0 Å². The Bertz CT molecular complexity index is 761. The predicted molar refractivity (Wildman–Crippen MR) is 91.9 cm³/mol. The van der Waals surface area contributed by atoms with Crippen LogP contribution in [-0.2, 0) is 10.5 Å². The quantitative estimate of drug-likeness (QED) is 0.806. The summed E-state index contributed by atoms with van der Waals surface area (Å²) < 4.78 is 33.9. The molecule has 3 nitrogen and oxygen atoms in total. The number of halogens is 3. The molecule has 2 aromatic rings. The number of ether oxygens (including phenoxy) is 1. The Balaban J connectivity index is 1.58. The summed E-state index contributed by atoms with van der Waals surface area (Å²) in [5.41, 5.74) is -1.08. The summed E-state index contributed by atoms with van der Waals surface area (Å²) in [5.74, 6) is -0.774. The van der Waals surface area contributed by atoms with E-state index in [0.717, 1.165) is 0 Å². The van der Waals surface area contributed by atoms with Crippen LogP contribution in [0.4, 0.5) is 8.78 Å². The molecule has 1 amide bonds. The van der Waals surface area contributed by atoms with Gasteiger partial charge in [-0.05, 0) is 18.2 Å². The van der Waals surface area contributed by atoms with Gasteiger partial charge in [-0.25, -0.2) is 8.78 Å². The third-order valence-corrected chi connectivity index (χ3v) is 4.78. The SMILES string of the molecule is O=C(COc1ccccc1F)N1CCC(F)(c2ccccc2Cl)CC1. The first-order chi connectivity index (χ1) is 12.0. The first kappa shape index (κ1) is 17.7. The maximum atomic E-state index is 15.2. The summed E-state index contributed by atoms with van der Waals surface area (Å²) in [4.78, 5) is 13.8. The number of likely N-dealkylation sites (tertiary alicyclic amines) is 1. The lowest BCUT2D eigenvalue weighted by Gasteiger charge is -2.37. The molecular formula is C19H18ClF2NO2. The Hall–Kier alpha value is -2.14. The van der Waals surface area contributed by atoms with E-state index in [0.29, 0.717) is 10.6 Å². The molecule has 3 rings (SSSR count). The average molecular weight is 366 g/mol. The molecular weight excluding hydrogens is 348 g/mol. The number of rotatable bonds is 4. The molecule has 1 aliphatic rings. The molecule has 0 unspecified atom stereocenters. The molecule has 2 aromatic carbocycles. The molecule has 0 radical (unpaired) electrons. The second-order valence-corrected chi connectivity index (χ2v) is 6.45. The Kier molecular flexibility index (Phi) is 5.23. The standard InChI is InChI=1S/C19H18ClF2NO2/c20-15-6-2-1-5-14(15)19(22)9-11-23(12-10-19)18(24)13-25-17-8-4-3-7-16(17)21/h1-8H,9-13H2. The molecule has 1 heterocycles. The first-order valence-corrected chi connectivity index (χ1v) is 8.46. The van der Waals surface area contributed by atoms with Crippen LogP contribution in [0.25, 0.3) is 0 Å². The van der Waals surface area contributed by atoms with Crippen LogP contribution in [-0.4, -0.2) is 30.5 Å². The van der Waals surface area contributed by atoms with E-state index >= 15 is 4.39 Å². The van der Waals surface area contributed by atoms with Crippen LogP contribution in [0.15, 0.2) is 48.5 Å². The van der Waals surface area contributed by atoms with Crippen molar-refractivity contribution in [1.29, 1.82) is 0 Å². The topological polar surface area (TPSA) is 29.5 Å². The zero-order chi connectivity index (χ0) is 17.9. The molecule has 0 bridgehead atoms. The van der Waals surface area contributed by atoms with Crippen LogP contribution in [0, 0.1) is 5.82 Å². The van der Waals surface area contributed by atoms with Gasteiger partial charge in [0.05, 0.1) is 0 Å². The largest absolute Gasteiger partial charge is 0.481 e. The number of hydrogen-bond donors (Lipinski definition) is 0. The average Bonchev–Trinajstić information content (AvgIpc) is 2.61. The van der Waals surface area contributed by atoms with Crippen LogP contribution in [0.3, 0.4) is 0 Å². The fourth-order valence-electron chi connectivity index (χ4n) is 3.00. The molecule has 6 heteroatoms. The molecule has 25 heavy (non-hydrogen) atoms. The van der Waals surface area contributed by atoms with Crippen LogP contribution in [0.1, 0.15) is 18.4 Å². The minimum atomic E-state index is -1.54. The number of amides is 1. The van der Waals surface area contributed by atoms with E-state index in [2.05, 4.69) is 0 Å². The van der Waals surface area contributed by atoms with Crippen LogP contribution >= 0.6 is 11.6 Å². The summed E-state index contributed by atoms with van der Waals surface area (Å²) in [5, 5.41) is 0.396. The number of alkyl halides is 1. The minimum Gasteiger partial charge on any atom is -0.481 e. The van der Waals surface area contributed by atoms with Crippen LogP contribution < -0.4 is 4.74 Å². The van der Waals surface area contributed by atoms with Crippen molar-refractivity contribution in [2.45, 2.75) is 18.5 Å². The van der Waals surface area contributed by atoms with E-state index in [-0.39, 0.29) is 44.2 Å². The van der Waals surface area contributed by atoms with Crippen molar-refractivity contribution in [2.75, 3.05) is 19.7 Å². The van der Waals surface area contributed by atoms with Gasteiger partial charge in [0.15, 0.2) is 18.2 Å².